The van der Waals surface area contributed by atoms with E-state index in [0.717, 1.165) is 11.3 Å². The Kier molecular flexibility index (Phi) is 5.42. The van der Waals surface area contributed by atoms with E-state index in [0.29, 0.717) is 11.6 Å². The lowest BCUT2D eigenvalue weighted by Crippen LogP contribution is -2.11. The molecule has 0 heterocycles. The van der Waals surface area contributed by atoms with Crippen molar-refractivity contribution in [2.45, 2.75) is 23.6 Å². The van der Waals surface area contributed by atoms with Crippen LogP contribution in [0.25, 0.3) is 0 Å². The van der Waals surface area contributed by atoms with Gasteiger partial charge in [0, 0.05) is 16.7 Å². The number of aromatic carboxylic acids is 1. The first-order valence-electron chi connectivity index (χ1n) is 6.82. The van der Waals surface area contributed by atoms with Gasteiger partial charge in [0.25, 0.3) is 0 Å². The predicted octanol–water partition coefficient (Wildman–Crippen LogP) is 3.96. The molecular formula is C17H19NO2S. The molecule has 0 radical (unpaired) electrons. The van der Waals surface area contributed by atoms with Crippen LogP contribution in [0.3, 0.4) is 0 Å². The largest absolute Gasteiger partial charge is 0.478 e. The Morgan fingerprint density at radius 2 is 1.95 bits per heavy atom. The average molecular weight is 301 g/mol. The SMILES string of the molecule is CNC(C)c1cccc(SCc2ccc(C(=O)O)cc2)c1. The van der Waals surface area contributed by atoms with Crippen LogP contribution >= 0.6 is 11.8 Å². The molecule has 21 heavy (non-hydrogen) atoms. The Balaban J connectivity index is 2.01. The molecule has 2 N–H and O–H groups in total. The van der Waals surface area contributed by atoms with Crippen molar-refractivity contribution in [1.29, 1.82) is 0 Å². The van der Waals surface area contributed by atoms with Crippen molar-refractivity contribution in [3.05, 3.63) is 65.2 Å². The molecule has 2 aromatic carbocycles. The molecule has 1 unspecified atom stereocenters. The third-order valence-electron chi connectivity index (χ3n) is 3.40. The maximum absolute atomic E-state index is 10.8. The zero-order valence-electron chi connectivity index (χ0n) is 12.2. The monoisotopic (exact) mass is 301 g/mol. The number of benzene rings is 2. The summed E-state index contributed by atoms with van der Waals surface area (Å²) in [4.78, 5) is 12.0. The maximum Gasteiger partial charge on any atom is 0.335 e. The lowest BCUT2D eigenvalue weighted by Gasteiger charge is -2.11. The topological polar surface area (TPSA) is 49.3 Å². The van der Waals surface area contributed by atoms with Crippen molar-refractivity contribution in [3.63, 3.8) is 0 Å². The van der Waals surface area contributed by atoms with E-state index in [2.05, 4.69) is 36.5 Å². The van der Waals surface area contributed by atoms with Crippen molar-refractivity contribution in [3.8, 4) is 0 Å². The summed E-state index contributed by atoms with van der Waals surface area (Å²) in [7, 11) is 1.95. The smallest absolute Gasteiger partial charge is 0.335 e. The molecule has 1 atom stereocenters. The van der Waals surface area contributed by atoms with Gasteiger partial charge in [0.15, 0.2) is 0 Å². The Morgan fingerprint density at radius 3 is 2.57 bits per heavy atom. The zero-order valence-corrected chi connectivity index (χ0v) is 13.0. The second kappa shape index (κ2) is 7.29. The predicted molar refractivity (Wildman–Crippen MR) is 86.9 cm³/mol. The molecule has 0 aliphatic carbocycles. The van der Waals surface area contributed by atoms with E-state index in [1.807, 2.05) is 19.2 Å². The molecule has 0 saturated heterocycles. The number of carboxylic acid groups (broad SMARTS) is 1. The molecule has 0 aliphatic heterocycles. The normalized spacial score (nSPS) is 12.1. The highest BCUT2D eigenvalue weighted by Gasteiger charge is 2.05. The van der Waals surface area contributed by atoms with Crippen LogP contribution in [0.5, 0.6) is 0 Å². The summed E-state index contributed by atoms with van der Waals surface area (Å²) >= 11 is 1.75. The maximum atomic E-state index is 10.8. The molecule has 0 spiro atoms. The summed E-state index contributed by atoms with van der Waals surface area (Å²) in [5, 5.41) is 12.1. The van der Waals surface area contributed by atoms with Gasteiger partial charge < -0.3 is 10.4 Å². The lowest BCUT2D eigenvalue weighted by atomic mass is 10.1. The zero-order chi connectivity index (χ0) is 15.2. The number of thioether (sulfide) groups is 1. The van der Waals surface area contributed by atoms with Crippen LogP contribution in [-0.4, -0.2) is 18.1 Å². The molecule has 2 aromatic rings. The quantitative estimate of drug-likeness (QED) is 0.793. The van der Waals surface area contributed by atoms with E-state index in [1.165, 1.54) is 10.5 Å². The van der Waals surface area contributed by atoms with Gasteiger partial charge >= 0.3 is 5.97 Å². The van der Waals surface area contributed by atoms with Gasteiger partial charge in [0.2, 0.25) is 0 Å². The van der Waals surface area contributed by atoms with Crippen molar-refractivity contribution in [2.24, 2.45) is 0 Å². The van der Waals surface area contributed by atoms with Crippen LogP contribution < -0.4 is 5.32 Å². The van der Waals surface area contributed by atoms with Gasteiger partial charge in [-0.05, 0) is 49.4 Å². The van der Waals surface area contributed by atoms with Crippen LogP contribution in [-0.2, 0) is 5.75 Å². The highest BCUT2D eigenvalue weighted by Crippen LogP contribution is 2.25. The second-order valence-corrected chi connectivity index (χ2v) is 5.92. The average Bonchev–Trinajstić information content (AvgIpc) is 2.52. The minimum Gasteiger partial charge on any atom is -0.478 e. The van der Waals surface area contributed by atoms with Gasteiger partial charge in [-0.1, -0.05) is 24.3 Å². The summed E-state index contributed by atoms with van der Waals surface area (Å²) in [5.41, 5.74) is 2.72. The van der Waals surface area contributed by atoms with Crippen molar-refractivity contribution in [1.82, 2.24) is 5.32 Å². The van der Waals surface area contributed by atoms with Gasteiger partial charge in [-0.25, -0.2) is 4.79 Å². The molecule has 0 fully saturated rings. The van der Waals surface area contributed by atoms with Gasteiger partial charge in [0.05, 0.1) is 5.56 Å². The van der Waals surface area contributed by atoms with E-state index in [1.54, 1.807) is 23.9 Å². The number of nitrogens with one attached hydrogen (secondary N) is 1. The van der Waals surface area contributed by atoms with E-state index in [9.17, 15) is 4.79 Å². The Morgan fingerprint density at radius 1 is 1.24 bits per heavy atom. The van der Waals surface area contributed by atoms with Crippen LogP contribution in [0.4, 0.5) is 0 Å². The third-order valence-corrected chi connectivity index (χ3v) is 4.46. The summed E-state index contributed by atoms with van der Waals surface area (Å²) in [5.74, 6) is -0.0555. The van der Waals surface area contributed by atoms with Gasteiger partial charge in [-0.2, -0.15) is 0 Å². The van der Waals surface area contributed by atoms with E-state index in [4.69, 9.17) is 5.11 Å². The highest BCUT2D eigenvalue weighted by molar-refractivity contribution is 7.98. The number of hydrogen-bond donors (Lipinski definition) is 2. The fraction of sp³-hybridized carbons (Fsp3) is 0.235. The van der Waals surface area contributed by atoms with Crippen LogP contribution in [0, 0.1) is 0 Å². The first-order valence-corrected chi connectivity index (χ1v) is 7.81. The fourth-order valence-electron chi connectivity index (χ4n) is 1.95. The first kappa shape index (κ1) is 15.6. The van der Waals surface area contributed by atoms with Gasteiger partial charge in [-0.15, -0.1) is 11.8 Å². The molecule has 3 nitrogen and oxygen atoms in total. The first-order chi connectivity index (χ1) is 10.1. The van der Waals surface area contributed by atoms with Crippen molar-refractivity contribution < 1.29 is 9.90 Å². The number of carboxylic acids is 1. The van der Waals surface area contributed by atoms with Gasteiger partial charge in [-0.3, -0.25) is 0 Å². The van der Waals surface area contributed by atoms with Crippen LogP contribution in [0.1, 0.15) is 34.5 Å². The van der Waals surface area contributed by atoms with Crippen LogP contribution in [0.2, 0.25) is 0 Å². The van der Waals surface area contributed by atoms with Crippen molar-refractivity contribution in [2.75, 3.05) is 7.05 Å². The molecule has 0 bridgehead atoms. The molecule has 2 rings (SSSR count). The molecule has 0 amide bonds. The van der Waals surface area contributed by atoms with E-state index < -0.39 is 5.97 Å². The molecule has 0 aliphatic rings. The molecule has 4 heteroatoms. The molecular weight excluding hydrogens is 282 g/mol. The molecule has 110 valence electrons. The van der Waals surface area contributed by atoms with E-state index in [-0.39, 0.29) is 0 Å². The summed E-state index contributed by atoms with van der Waals surface area (Å²) in [6, 6.07) is 15.9. The minimum atomic E-state index is -0.886. The second-order valence-electron chi connectivity index (χ2n) is 4.87. The Bertz CT molecular complexity index is 610. The van der Waals surface area contributed by atoms with E-state index >= 15 is 0 Å². The number of carbonyl (C=O) groups is 1. The minimum absolute atomic E-state index is 0.327. The van der Waals surface area contributed by atoms with Gasteiger partial charge in [0.1, 0.15) is 0 Å². The molecule has 0 saturated carbocycles. The Labute approximate surface area is 129 Å². The summed E-state index contributed by atoms with van der Waals surface area (Å²) in [6.45, 7) is 2.13. The van der Waals surface area contributed by atoms with Crippen molar-refractivity contribution >= 4 is 17.7 Å². The Hall–Kier alpha value is -1.78. The fourth-order valence-corrected chi connectivity index (χ4v) is 2.87. The number of rotatable bonds is 6. The summed E-state index contributed by atoms with van der Waals surface area (Å²) < 4.78 is 0. The lowest BCUT2D eigenvalue weighted by molar-refractivity contribution is 0.0697. The van der Waals surface area contributed by atoms with Crippen LogP contribution in [0.15, 0.2) is 53.4 Å². The molecule has 0 aromatic heterocycles. The number of hydrogen-bond acceptors (Lipinski definition) is 3. The standard InChI is InChI=1S/C17H19NO2S/c1-12(18-2)15-4-3-5-16(10-15)21-11-13-6-8-14(9-7-13)17(19)20/h3-10,12,18H,11H2,1-2H3,(H,19,20). The third kappa shape index (κ3) is 4.34. The summed E-state index contributed by atoms with van der Waals surface area (Å²) in [6.07, 6.45) is 0. The highest BCUT2D eigenvalue weighted by atomic mass is 32.2.